The van der Waals surface area contributed by atoms with Crippen molar-refractivity contribution in [3.63, 3.8) is 0 Å². The fourth-order valence-electron chi connectivity index (χ4n) is 3.62. The fourth-order valence-corrected chi connectivity index (χ4v) is 5.98. The molecule has 2 amide bonds. The van der Waals surface area contributed by atoms with Crippen molar-refractivity contribution < 1.29 is 18.0 Å². The van der Waals surface area contributed by atoms with Gasteiger partial charge in [-0.1, -0.05) is 29.3 Å². The minimum Gasteiger partial charge on any atom is -0.322 e. The van der Waals surface area contributed by atoms with Crippen LogP contribution in [0.2, 0.25) is 5.02 Å². The van der Waals surface area contributed by atoms with Crippen molar-refractivity contribution in [1.82, 2.24) is 0 Å². The molecule has 0 aromatic heterocycles. The molecule has 3 rings (SSSR count). The summed E-state index contributed by atoms with van der Waals surface area (Å²) in [5, 5.41) is 2.95. The molecule has 29 heavy (non-hydrogen) atoms. The number of halogens is 1. The molecule has 2 aromatic rings. The molecule has 1 saturated heterocycles. The zero-order valence-corrected chi connectivity index (χ0v) is 18.5. The molecule has 0 radical (unpaired) electrons. The quantitative estimate of drug-likeness (QED) is 0.783. The summed E-state index contributed by atoms with van der Waals surface area (Å²) in [4.78, 5) is 25.5. The van der Waals surface area contributed by atoms with Crippen molar-refractivity contribution in [3.8, 4) is 0 Å². The van der Waals surface area contributed by atoms with Crippen LogP contribution in [-0.4, -0.2) is 26.0 Å². The molecule has 1 heterocycles. The Balaban J connectivity index is 2.00. The van der Waals surface area contributed by atoms with Gasteiger partial charge in [-0.05, 0) is 63.9 Å². The number of hydrogen-bond donors (Lipinski definition) is 1. The van der Waals surface area contributed by atoms with Crippen LogP contribution in [0.15, 0.2) is 30.3 Å². The zero-order valence-electron chi connectivity index (χ0n) is 17.0. The van der Waals surface area contributed by atoms with Gasteiger partial charge in [-0.25, -0.2) is 12.7 Å². The van der Waals surface area contributed by atoms with Gasteiger partial charge < -0.3 is 5.32 Å². The zero-order chi connectivity index (χ0) is 21.7. The van der Waals surface area contributed by atoms with Crippen LogP contribution in [0.4, 0.5) is 11.4 Å². The predicted molar refractivity (Wildman–Crippen MR) is 115 cm³/mol. The lowest BCUT2D eigenvalue weighted by Crippen LogP contribution is -2.33. The lowest BCUT2D eigenvalue weighted by molar-refractivity contribution is -0.123. The standard InChI is InChI=1S/C21H23ClN2O4S/c1-12-8-13(2)18(14(3)9-12)23-19(25)15-6-7-16(22)17(10-15)24-20(26)21(4,5)11-29(24,27)28/h6-10H,11H2,1-5H3,(H,23,25). The van der Waals surface area contributed by atoms with Gasteiger partial charge in [0.1, 0.15) is 0 Å². The predicted octanol–water partition coefficient (Wildman–Crippen LogP) is 4.22. The van der Waals surface area contributed by atoms with Gasteiger partial charge >= 0.3 is 0 Å². The SMILES string of the molecule is Cc1cc(C)c(NC(=O)c2ccc(Cl)c(N3C(=O)C(C)(C)CS3(=O)=O)c2)c(C)c1. The summed E-state index contributed by atoms with van der Waals surface area (Å²) < 4.78 is 25.9. The number of carbonyl (C=O) groups is 2. The molecule has 1 aliphatic heterocycles. The Bertz CT molecular complexity index is 1120. The molecule has 0 atom stereocenters. The van der Waals surface area contributed by atoms with Gasteiger partial charge in [0, 0.05) is 11.3 Å². The number of carbonyl (C=O) groups excluding carboxylic acids is 2. The maximum absolute atomic E-state index is 12.8. The van der Waals surface area contributed by atoms with E-state index >= 15 is 0 Å². The van der Waals surface area contributed by atoms with Gasteiger partial charge in [0.15, 0.2) is 0 Å². The Morgan fingerprint density at radius 3 is 2.21 bits per heavy atom. The van der Waals surface area contributed by atoms with E-state index in [0.29, 0.717) is 9.99 Å². The Kier molecular flexibility index (Phi) is 5.26. The average molecular weight is 435 g/mol. The van der Waals surface area contributed by atoms with Crippen molar-refractivity contribution in [3.05, 3.63) is 57.6 Å². The van der Waals surface area contributed by atoms with E-state index in [4.69, 9.17) is 11.6 Å². The van der Waals surface area contributed by atoms with E-state index in [1.807, 2.05) is 32.9 Å². The molecule has 0 unspecified atom stereocenters. The van der Waals surface area contributed by atoms with Crippen molar-refractivity contribution in [2.24, 2.45) is 5.41 Å². The van der Waals surface area contributed by atoms with Crippen molar-refractivity contribution in [2.45, 2.75) is 34.6 Å². The van der Waals surface area contributed by atoms with Crippen LogP contribution in [0.25, 0.3) is 0 Å². The van der Waals surface area contributed by atoms with E-state index in [-0.39, 0.29) is 22.0 Å². The third-order valence-corrected chi connectivity index (χ3v) is 7.25. The highest BCUT2D eigenvalue weighted by molar-refractivity contribution is 7.94. The summed E-state index contributed by atoms with van der Waals surface area (Å²) in [7, 11) is -3.87. The Hall–Kier alpha value is -2.38. The van der Waals surface area contributed by atoms with Gasteiger partial charge in [0.05, 0.1) is 21.9 Å². The van der Waals surface area contributed by atoms with Gasteiger partial charge in [-0.3, -0.25) is 9.59 Å². The maximum atomic E-state index is 12.8. The van der Waals surface area contributed by atoms with Crippen LogP contribution in [0.3, 0.4) is 0 Å². The van der Waals surface area contributed by atoms with E-state index in [0.717, 1.165) is 16.7 Å². The summed E-state index contributed by atoms with van der Waals surface area (Å²) in [6, 6.07) is 8.20. The lowest BCUT2D eigenvalue weighted by Gasteiger charge is -2.19. The highest BCUT2D eigenvalue weighted by Crippen LogP contribution is 2.39. The molecule has 8 heteroatoms. The second kappa shape index (κ2) is 7.15. The molecular weight excluding hydrogens is 412 g/mol. The number of benzene rings is 2. The normalized spacial score (nSPS) is 17.4. The summed E-state index contributed by atoms with van der Waals surface area (Å²) in [6.45, 7) is 8.92. The molecule has 2 aromatic carbocycles. The highest BCUT2D eigenvalue weighted by atomic mass is 35.5. The van der Waals surface area contributed by atoms with Crippen LogP contribution >= 0.6 is 11.6 Å². The average Bonchev–Trinajstić information content (AvgIpc) is 2.74. The minimum absolute atomic E-state index is 0.00718. The molecular formula is C21H23ClN2O4S. The van der Waals surface area contributed by atoms with Crippen LogP contribution in [0, 0.1) is 26.2 Å². The second-order valence-electron chi connectivity index (χ2n) is 8.10. The third-order valence-electron chi connectivity index (χ3n) is 4.93. The minimum atomic E-state index is -3.87. The first-order chi connectivity index (χ1) is 13.3. The van der Waals surface area contributed by atoms with Gasteiger partial charge in [-0.15, -0.1) is 0 Å². The molecule has 6 nitrogen and oxygen atoms in total. The number of amides is 2. The molecule has 0 bridgehead atoms. The van der Waals surface area contributed by atoms with E-state index in [2.05, 4.69) is 5.32 Å². The van der Waals surface area contributed by atoms with Gasteiger partial charge in [0.25, 0.3) is 5.91 Å². The fraction of sp³-hybridized carbons (Fsp3) is 0.333. The topological polar surface area (TPSA) is 83.6 Å². The second-order valence-corrected chi connectivity index (χ2v) is 10.3. The molecule has 0 saturated carbocycles. The smallest absolute Gasteiger partial charge is 0.255 e. The monoisotopic (exact) mass is 434 g/mol. The number of nitrogens with one attached hydrogen (secondary N) is 1. The van der Waals surface area contributed by atoms with E-state index < -0.39 is 27.3 Å². The van der Waals surface area contributed by atoms with Gasteiger partial charge in [0.2, 0.25) is 15.9 Å². The van der Waals surface area contributed by atoms with Crippen molar-refractivity contribution in [2.75, 3.05) is 15.4 Å². The largest absolute Gasteiger partial charge is 0.322 e. The Morgan fingerprint density at radius 1 is 1.10 bits per heavy atom. The first kappa shape index (κ1) is 21.3. The molecule has 0 spiro atoms. The highest BCUT2D eigenvalue weighted by Gasteiger charge is 2.50. The summed E-state index contributed by atoms with van der Waals surface area (Å²) in [5.74, 6) is -1.30. The van der Waals surface area contributed by atoms with Crippen LogP contribution in [0.5, 0.6) is 0 Å². The molecule has 1 fully saturated rings. The lowest BCUT2D eigenvalue weighted by atomic mass is 9.95. The van der Waals surface area contributed by atoms with E-state index in [9.17, 15) is 18.0 Å². The molecule has 1 N–H and O–H groups in total. The molecule has 1 aliphatic rings. The molecule has 154 valence electrons. The number of aryl methyl sites for hydroxylation is 3. The van der Waals surface area contributed by atoms with Crippen LogP contribution in [0.1, 0.15) is 40.9 Å². The number of rotatable bonds is 3. The first-order valence-corrected chi connectivity index (χ1v) is 11.1. The third kappa shape index (κ3) is 3.89. The number of nitrogens with zero attached hydrogens (tertiary/aromatic N) is 1. The number of hydrogen-bond acceptors (Lipinski definition) is 4. The summed E-state index contributed by atoms with van der Waals surface area (Å²) >= 11 is 6.20. The Labute approximate surface area is 175 Å². The van der Waals surface area contributed by atoms with Crippen molar-refractivity contribution >= 4 is 44.8 Å². The summed E-state index contributed by atoms with van der Waals surface area (Å²) in [6.07, 6.45) is 0. The van der Waals surface area contributed by atoms with E-state index in [1.165, 1.54) is 18.2 Å². The number of anilines is 2. The van der Waals surface area contributed by atoms with Crippen molar-refractivity contribution in [1.29, 1.82) is 0 Å². The summed E-state index contributed by atoms with van der Waals surface area (Å²) in [5.41, 5.74) is 2.77. The Morgan fingerprint density at radius 2 is 1.69 bits per heavy atom. The first-order valence-electron chi connectivity index (χ1n) is 9.10. The number of sulfonamides is 1. The van der Waals surface area contributed by atoms with E-state index in [1.54, 1.807) is 13.8 Å². The van der Waals surface area contributed by atoms with Crippen LogP contribution < -0.4 is 9.62 Å². The maximum Gasteiger partial charge on any atom is 0.255 e. The van der Waals surface area contributed by atoms with Crippen LogP contribution in [-0.2, 0) is 14.8 Å². The van der Waals surface area contributed by atoms with Gasteiger partial charge in [-0.2, -0.15) is 0 Å². The molecule has 0 aliphatic carbocycles.